The molecule has 7 atom stereocenters. The first kappa shape index (κ1) is 74.1. The lowest BCUT2D eigenvalue weighted by molar-refractivity contribution is -0.302. The highest BCUT2D eigenvalue weighted by molar-refractivity contribution is 5.76. The Kier molecular flexibility index (Phi) is 53.4. The van der Waals surface area contributed by atoms with E-state index in [4.69, 9.17) is 14.2 Å². The van der Waals surface area contributed by atoms with Crippen molar-refractivity contribution >= 4 is 11.9 Å². The summed E-state index contributed by atoms with van der Waals surface area (Å²) in [5.41, 5.74) is 0. The molecule has 0 aliphatic carbocycles. The highest BCUT2D eigenvalue weighted by Gasteiger charge is 2.44. The normalized spacial score (nSPS) is 18.9. The third-order valence-corrected chi connectivity index (χ3v) is 15.0. The molecule has 11 heteroatoms. The molecule has 11 nitrogen and oxygen atoms in total. The Labute approximate surface area is 483 Å². The number of carbonyl (C=O) groups is 2. The summed E-state index contributed by atoms with van der Waals surface area (Å²) in [6, 6.07) is -0.839. The number of nitrogens with one attached hydrogen (secondary N) is 1. The highest BCUT2D eigenvalue weighted by atomic mass is 16.7. The average Bonchev–Trinajstić information content (AvgIpc) is 3.45. The van der Waals surface area contributed by atoms with Crippen LogP contribution in [-0.2, 0) is 23.8 Å². The van der Waals surface area contributed by atoms with E-state index in [1.54, 1.807) is 6.08 Å². The summed E-state index contributed by atoms with van der Waals surface area (Å²) in [6.07, 6.45) is 65.9. The van der Waals surface area contributed by atoms with Gasteiger partial charge in [0.1, 0.15) is 24.4 Å². The van der Waals surface area contributed by atoms with Gasteiger partial charge in [-0.1, -0.05) is 234 Å². The first-order valence-electron chi connectivity index (χ1n) is 32.7. The smallest absolute Gasteiger partial charge is 0.305 e. The zero-order chi connectivity index (χ0) is 57.3. The Morgan fingerprint density at radius 3 is 1.37 bits per heavy atom. The minimum Gasteiger partial charge on any atom is -0.466 e. The van der Waals surface area contributed by atoms with Crippen LogP contribution >= 0.6 is 0 Å². The van der Waals surface area contributed by atoms with Gasteiger partial charge in [0.15, 0.2) is 6.29 Å². The number of hydrogen-bond donors (Lipinski definition) is 6. The molecule has 6 N–H and O–H groups in total. The largest absolute Gasteiger partial charge is 0.466 e. The molecule has 0 saturated carbocycles. The average molecular weight is 1110 g/mol. The first-order chi connectivity index (χ1) is 38.7. The van der Waals surface area contributed by atoms with Gasteiger partial charge in [-0.25, -0.2) is 0 Å². The van der Waals surface area contributed by atoms with Gasteiger partial charge in [0.25, 0.3) is 0 Å². The first-order valence-corrected chi connectivity index (χ1v) is 32.7. The fraction of sp³-hybridized carbons (Fsp3) is 0.794. The fourth-order valence-corrected chi connectivity index (χ4v) is 9.77. The van der Waals surface area contributed by atoms with Crippen molar-refractivity contribution in [1.29, 1.82) is 0 Å². The number of esters is 1. The molecule has 1 amide bonds. The van der Waals surface area contributed by atoms with Crippen LogP contribution < -0.4 is 5.32 Å². The van der Waals surface area contributed by atoms with Crippen LogP contribution in [0.2, 0.25) is 0 Å². The molecule has 0 spiro atoms. The van der Waals surface area contributed by atoms with Crippen LogP contribution in [0.3, 0.4) is 0 Å². The van der Waals surface area contributed by atoms with Crippen molar-refractivity contribution in [2.75, 3.05) is 19.8 Å². The van der Waals surface area contributed by atoms with Gasteiger partial charge in [-0.05, 0) is 109 Å². The molecule has 458 valence electrons. The third-order valence-electron chi connectivity index (χ3n) is 15.0. The van der Waals surface area contributed by atoms with Gasteiger partial charge >= 0.3 is 5.97 Å². The van der Waals surface area contributed by atoms with Crippen molar-refractivity contribution in [2.24, 2.45) is 0 Å². The predicted molar refractivity (Wildman–Crippen MR) is 329 cm³/mol. The third kappa shape index (κ3) is 46.3. The van der Waals surface area contributed by atoms with Crippen molar-refractivity contribution in [3.63, 3.8) is 0 Å². The Bertz CT molecular complexity index is 1540. The molecule has 0 bridgehead atoms. The molecule has 0 radical (unpaired) electrons. The molecule has 1 aliphatic heterocycles. The molecule has 79 heavy (non-hydrogen) atoms. The fourth-order valence-electron chi connectivity index (χ4n) is 9.77. The van der Waals surface area contributed by atoms with Crippen molar-refractivity contribution < 1.29 is 49.3 Å². The van der Waals surface area contributed by atoms with E-state index in [-0.39, 0.29) is 18.5 Å². The van der Waals surface area contributed by atoms with Crippen LogP contribution in [0.5, 0.6) is 0 Å². The lowest BCUT2D eigenvalue weighted by Gasteiger charge is -2.40. The van der Waals surface area contributed by atoms with Gasteiger partial charge in [-0.3, -0.25) is 9.59 Å². The van der Waals surface area contributed by atoms with Crippen molar-refractivity contribution in [3.8, 4) is 0 Å². The Hall–Kier alpha value is -2.90. The molecule has 1 saturated heterocycles. The molecule has 0 aromatic rings. The number of ether oxygens (including phenoxy) is 3. The maximum atomic E-state index is 13.0. The van der Waals surface area contributed by atoms with Crippen molar-refractivity contribution in [1.82, 2.24) is 5.32 Å². The number of aliphatic hydroxyl groups excluding tert-OH is 5. The van der Waals surface area contributed by atoms with Crippen LogP contribution in [0.25, 0.3) is 0 Å². The summed E-state index contributed by atoms with van der Waals surface area (Å²) in [6.45, 7) is 4.25. The molecule has 1 rings (SSSR count). The maximum Gasteiger partial charge on any atom is 0.305 e. The van der Waals surface area contributed by atoms with Gasteiger partial charge in [0, 0.05) is 12.8 Å². The molecule has 1 aliphatic rings. The number of rotatable bonds is 56. The van der Waals surface area contributed by atoms with E-state index < -0.39 is 49.5 Å². The van der Waals surface area contributed by atoms with Gasteiger partial charge < -0.3 is 45.1 Å². The molecular weight excluding hydrogens is 991 g/mol. The van der Waals surface area contributed by atoms with Crippen LogP contribution in [0.1, 0.15) is 284 Å². The Morgan fingerprint density at radius 1 is 0.468 bits per heavy atom. The number of carbonyl (C=O) groups excluding carboxylic acids is 2. The summed E-state index contributed by atoms with van der Waals surface area (Å²) in [5.74, 6) is -0.212. The van der Waals surface area contributed by atoms with E-state index in [1.165, 1.54) is 167 Å². The maximum absolute atomic E-state index is 13.0. The lowest BCUT2D eigenvalue weighted by atomic mass is 9.99. The predicted octanol–water partition coefficient (Wildman–Crippen LogP) is 16.0. The zero-order valence-corrected chi connectivity index (χ0v) is 50.6. The van der Waals surface area contributed by atoms with E-state index in [1.807, 2.05) is 6.08 Å². The van der Waals surface area contributed by atoms with Gasteiger partial charge in [0.05, 0.1) is 32.0 Å². The number of aliphatic hydroxyl groups is 5. The summed E-state index contributed by atoms with van der Waals surface area (Å²) in [5, 5.41) is 54.4. The van der Waals surface area contributed by atoms with Crippen LogP contribution in [-0.4, -0.2) is 100 Å². The summed E-state index contributed by atoms with van der Waals surface area (Å²) in [7, 11) is 0. The zero-order valence-electron chi connectivity index (χ0n) is 50.6. The lowest BCUT2D eigenvalue weighted by Crippen LogP contribution is -2.60. The van der Waals surface area contributed by atoms with E-state index in [9.17, 15) is 35.1 Å². The molecule has 7 unspecified atom stereocenters. The number of hydrogen-bond acceptors (Lipinski definition) is 10. The second-order valence-corrected chi connectivity index (χ2v) is 22.4. The number of allylic oxidation sites excluding steroid dienone is 11. The number of unbranched alkanes of at least 4 members (excludes halogenated alkanes) is 32. The van der Waals surface area contributed by atoms with Crippen molar-refractivity contribution in [3.05, 3.63) is 72.9 Å². The molecule has 1 fully saturated rings. The summed E-state index contributed by atoms with van der Waals surface area (Å²) >= 11 is 0. The minimum absolute atomic E-state index is 0.0114. The molecular formula is C68H121NO10. The van der Waals surface area contributed by atoms with Crippen LogP contribution in [0.4, 0.5) is 0 Å². The Morgan fingerprint density at radius 2 is 0.873 bits per heavy atom. The van der Waals surface area contributed by atoms with E-state index in [0.29, 0.717) is 19.4 Å². The Balaban J connectivity index is 2.05. The second kappa shape index (κ2) is 56.9. The highest BCUT2D eigenvalue weighted by Crippen LogP contribution is 2.23. The summed E-state index contributed by atoms with van der Waals surface area (Å²) in [4.78, 5) is 25.0. The number of amides is 1. The van der Waals surface area contributed by atoms with Gasteiger partial charge in [0.2, 0.25) is 5.91 Å². The standard InChI is InChI=1S/C68H121NO10/c1-3-5-7-9-11-13-15-31-35-38-42-46-50-54-61(71)60(59-78-68-67(76)66(75)65(74)62(58-70)79-68)69-63(72)55-51-47-43-39-36-32-29-27-25-23-21-19-17-16-18-20-22-24-26-28-30-33-37-41-45-49-53-57-77-64(73)56-52-48-44-40-34-14-12-10-8-6-4-2/h10-13,16-17,20,22,35,38,50,54,60-62,65-68,70-71,74-76H,3-9,14-15,18-19,21,23-34,36-37,39-49,51-53,55-59H2,1-2H3,(H,69,72)/b12-10-,13-11+,17-16-,22-20-,38-35+,54-50+. The summed E-state index contributed by atoms with van der Waals surface area (Å²) < 4.78 is 16.7. The van der Waals surface area contributed by atoms with Crippen LogP contribution in [0.15, 0.2) is 72.9 Å². The molecule has 1 heterocycles. The van der Waals surface area contributed by atoms with E-state index in [2.05, 4.69) is 79.9 Å². The second-order valence-electron chi connectivity index (χ2n) is 22.4. The monoisotopic (exact) mass is 1110 g/mol. The van der Waals surface area contributed by atoms with E-state index >= 15 is 0 Å². The van der Waals surface area contributed by atoms with Crippen molar-refractivity contribution in [2.45, 2.75) is 326 Å². The quantitative estimate of drug-likeness (QED) is 0.0195. The molecule has 0 aromatic carbocycles. The topological polar surface area (TPSA) is 175 Å². The van der Waals surface area contributed by atoms with Crippen LogP contribution in [0, 0.1) is 0 Å². The van der Waals surface area contributed by atoms with Gasteiger partial charge in [-0.2, -0.15) is 0 Å². The SMILES string of the molecule is CCCC/C=C\CCCCCCCC(=O)OCCCCCCCCCCC/C=C\C/C=C\CCCCCCCCCCCCCC(=O)NC(COC1OC(CO)C(O)C(O)C1O)C(O)/C=C/CC/C=C/CC/C=C/CCCCC. The van der Waals surface area contributed by atoms with Gasteiger partial charge in [-0.15, -0.1) is 0 Å². The molecule has 0 aromatic heterocycles. The minimum atomic E-state index is -1.58. The van der Waals surface area contributed by atoms with E-state index in [0.717, 1.165) is 89.9 Å².